The lowest BCUT2D eigenvalue weighted by Gasteiger charge is -2.15. The van der Waals surface area contributed by atoms with Gasteiger partial charge in [0.15, 0.2) is 5.69 Å². The van der Waals surface area contributed by atoms with Gasteiger partial charge in [0.25, 0.3) is 0 Å². The van der Waals surface area contributed by atoms with Crippen molar-refractivity contribution in [1.82, 2.24) is 9.78 Å². The highest BCUT2D eigenvalue weighted by molar-refractivity contribution is 6.28. The molecule has 0 fully saturated rings. The van der Waals surface area contributed by atoms with Gasteiger partial charge < -0.3 is 5.73 Å². The number of benzene rings is 1. The van der Waals surface area contributed by atoms with E-state index in [1.807, 2.05) is 0 Å². The minimum Gasteiger partial charge on any atom is -0.386 e. The molecule has 2 N–H and O–H groups in total. The fourth-order valence-corrected chi connectivity index (χ4v) is 3.04. The standard InChI is InChI=1S/C16H15ClF4N4/c17-8-14(22)23-11-7-9(18)5-6-13(11)25-12-4-2-1-3-10(12)15(24-25)16(19,20)21/h5-7H,1-4,8H2,(H2,22,23). The Kier molecular flexibility index (Phi) is 4.73. The van der Waals surface area contributed by atoms with E-state index in [0.717, 1.165) is 18.6 Å². The van der Waals surface area contributed by atoms with Crippen molar-refractivity contribution in [1.29, 1.82) is 0 Å². The summed E-state index contributed by atoms with van der Waals surface area (Å²) >= 11 is 5.60. The zero-order chi connectivity index (χ0) is 18.2. The van der Waals surface area contributed by atoms with Crippen molar-refractivity contribution >= 4 is 23.1 Å². The Hall–Kier alpha value is -2.09. The molecular weight excluding hydrogens is 360 g/mol. The number of hydrogen-bond donors (Lipinski definition) is 1. The molecular formula is C16H15ClF4N4. The molecule has 0 atom stereocenters. The number of amidine groups is 1. The van der Waals surface area contributed by atoms with E-state index in [1.54, 1.807) is 0 Å². The van der Waals surface area contributed by atoms with Gasteiger partial charge >= 0.3 is 6.18 Å². The first-order valence-electron chi connectivity index (χ1n) is 7.68. The maximum absolute atomic E-state index is 13.6. The Balaban J connectivity index is 2.22. The maximum atomic E-state index is 13.6. The van der Waals surface area contributed by atoms with E-state index in [1.165, 1.54) is 10.7 Å². The van der Waals surface area contributed by atoms with Gasteiger partial charge in [-0.25, -0.2) is 14.1 Å². The number of fused-ring (bicyclic) bond motifs is 1. The Morgan fingerprint density at radius 2 is 2.00 bits per heavy atom. The van der Waals surface area contributed by atoms with Crippen molar-refractivity contribution in [2.75, 3.05) is 5.88 Å². The Morgan fingerprint density at radius 3 is 2.68 bits per heavy atom. The normalized spacial score (nSPS) is 15.3. The van der Waals surface area contributed by atoms with Gasteiger partial charge in [0, 0.05) is 17.3 Å². The van der Waals surface area contributed by atoms with Crippen LogP contribution in [0.15, 0.2) is 23.2 Å². The molecule has 0 spiro atoms. The van der Waals surface area contributed by atoms with Crippen LogP contribution in [0.4, 0.5) is 23.2 Å². The Bertz CT molecular complexity index is 826. The number of hydrogen-bond acceptors (Lipinski definition) is 2. The fraction of sp³-hybridized carbons (Fsp3) is 0.375. The Morgan fingerprint density at radius 1 is 1.28 bits per heavy atom. The first-order chi connectivity index (χ1) is 11.8. The van der Waals surface area contributed by atoms with Crippen LogP contribution in [0.5, 0.6) is 0 Å². The third-order valence-corrected chi connectivity index (χ3v) is 4.29. The van der Waals surface area contributed by atoms with Gasteiger partial charge in [-0.15, -0.1) is 11.6 Å². The molecule has 9 heteroatoms. The highest BCUT2D eigenvalue weighted by atomic mass is 35.5. The van der Waals surface area contributed by atoms with Gasteiger partial charge in [0.1, 0.15) is 11.7 Å². The lowest BCUT2D eigenvalue weighted by atomic mass is 9.95. The highest BCUT2D eigenvalue weighted by Crippen LogP contribution is 2.38. The molecule has 1 aromatic heterocycles. The number of halogens is 5. The smallest absolute Gasteiger partial charge is 0.386 e. The summed E-state index contributed by atoms with van der Waals surface area (Å²) < 4.78 is 54.8. The molecule has 0 saturated heterocycles. The topological polar surface area (TPSA) is 56.2 Å². The third kappa shape index (κ3) is 3.49. The molecule has 2 aromatic rings. The second-order valence-electron chi connectivity index (χ2n) is 5.76. The molecule has 1 aliphatic carbocycles. The molecule has 0 radical (unpaired) electrons. The van der Waals surface area contributed by atoms with Crippen molar-refractivity contribution < 1.29 is 17.6 Å². The molecule has 0 amide bonds. The molecule has 1 heterocycles. The van der Waals surface area contributed by atoms with Gasteiger partial charge in [-0.2, -0.15) is 18.3 Å². The summed E-state index contributed by atoms with van der Waals surface area (Å²) in [5.74, 6) is -0.631. The van der Waals surface area contributed by atoms with Crippen LogP contribution in [0.25, 0.3) is 5.69 Å². The van der Waals surface area contributed by atoms with Gasteiger partial charge in [0.2, 0.25) is 0 Å². The zero-order valence-corrected chi connectivity index (χ0v) is 13.8. The summed E-state index contributed by atoms with van der Waals surface area (Å²) in [7, 11) is 0. The number of nitrogens with two attached hydrogens (primary N) is 1. The molecule has 0 saturated carbocycles. The number of alkyl halides is 4. The van der Waals surface area contributed by atoms with Gasteiger partial charge in [0.05, 0.1) is 17.3 Å². The Labute approximate surface area is 146 Å². The van der Waals surface area contributed by atoms with E-state index < -0.39 is 17.7 Å². The minimum absolute atomic E-state index is 0.0329. The lowest BCUT2D eigenvalue weighted by molar-refractivity contribution is -0.142. The zero-order valence-electron chi connectivity index (χ0n) is 13.1. The van der Waals surface area contributed by atoms with E-state index in [4.69, 9.17) is 17.3 Å². The average Bonchev–Trinajstić information content (AvgIpc) is 2.95. The quantitative estimate of drug-likeness (QED) is 0.380. The lowest BCUT2D eigenvalue weighted by Crippen LogP contribution is -2.13. The van der Waals surface area contributed by atoms with Crippen LogP contribution in [0.1, 0.15) is 29.8 Å². The predicted molar refractivity (Wildman–Crippen MR) is 87.2 cm³/mol. The van der Waals surface area contributed by atoms with E-state index in [9.17, 15) is 17.6 Å². The van der Waals surface area contributed by atoms with Crippen molar-refractivity contribution in [3.05, 3.63) is 41.0 Å². The molecule has 0 unspecified atom stereocenters. The van der Waals surface area contributed by atoms with Crippen LogP contribution in [-0.4, -0.2) is 21.5 Å². The molecule has 1 aliphatic rings. The summed E-state index contributed by atoms with van der Waals surface area (Å²) in [5, 5.41) is 3.78. The predicted octanol–water partition coefficient (Wildman–Crippen LogP) is 4.14. The maximum Gasteiger partial charge on any atom is 0.435 e. The second-order valence-corrected chi connectivity index (χ2v) is 6.03. The van der Waals surface area contributed by atoms with E-state index in [2.05, 4.69) is 10.1 Å². The molecule has 3 rings (SSSR count). The summed E-state index contributed by atoms with van der Waals surface area (Å²) in [6.07, 6.45) is -2.34. The van der Waals surface area contributed by atoms with Crippen LogP contribution in [0, 0.1) is 5.82 Å². The largest absolute Gasteiger partial charge is 0.435 e. The van der Waals surface area contributed by atoms with Crippen molar-refractivity contribution in [3.63, 3.8) is 0 Å². The fourth-order valence-electron chi connectivity index (χ4n) is 2.98. The van der Waals surface area contributed by atoms with Crippen molar-refractivity contribution in [2.24, 2.45) is 10.7 Å². The van der Waals surface area contributed by atoms with Crippen LogP contribution in [0.3, 0.4) is 0 Å². The van der Waals surface area contributed by atoms with Crippen molar-refractivity contribution in [3.8, 4) is 5.69 Å². The number of rotatable bonds is 3. The summed E-state index contributed by atoms with van der Waals surface area (Å²) in [6.45, 7) is 0. The first-order valence-corrected chi connectivity index (χ1v) is 8.21. The molecule has 134 valence electrons. The number of aliphatic imine (C=N–C) groups is 1. The van der Waals surface area contributed by atoms with Crippen LogP contribution in [-0.2, 0) is 19.0 Å². The van der Waals surface area contributed by atoms with Crippen LogP contribution in [0.2, 0.25) is 0 Å². The van der Waals surface area contributed by atoms with E-state index >= 15 is 0 Å². The second kappa shape index (κ2) is 6.67. The highest BCUT2D eigenvalue weighted by Gasteiger charge is 2.39. The molecule has 4 nitrogen and oxygen atoms in total. The minimum atomic E-state index is -4.55. The van der Waals surface area contributed by atoms with Crippen LogP contribution < -0.4 is 5.73 Å². The summed E-state index contributed by atoms with van der Waals surface area (Å²) in [6, 6.07) is 3.59. The summed E-state index contributed by atoms with van der Waals surface area (Å²) in [5.41, 5.74) is 5.70. The molecule has 0 bridgehead atoms. The number of nitrogens with zero attached hydrogens (tertiary/aromatic N) is 3. The number of aromatic nitrogens is 2. The average molecular weight is 375 g/mol. The monoisotopic (exact) mass is 374 g/mol. The van der Waals surface area contributed by atoms with E-state index in [-0.39, 0.29) is 28.7 Å². The van der Waals surface area contributed by atoms with Gasteiger partial charge in [-0.3, -0.25) is 0 Å². The van der Waals surface area contributed by atoms with Gasteiger partial charge in [-0.1, -0.05) is 0 Å². The molecule has 25 heavy (non-hydrogen) atoms. The molecule has 1 aromatic carbocycles. The summed E-state index contributed by atoms with van der Waals surface area (Å²) in [4.78, 5) is 4.02. The van der Waals surface area contributed by atoms with E-state index in [0.29, 0.717) is 25.0 Å². The molecule has 0 aliphatic heterocycles. The van der Waals surface area contributed by atoms with Gasteiger partial charge in [-0.05, 0) is 37.8 Å². The first kappa shape index (κ1) is 17.7. The van der Waals surface area contributed by atoms with Crippen molar-refractivity contribution in [2.45, 2.75) is 31.9 Å². The third-order valence-electron chi connectivity index (χ3n) is 4.02. The van der Waals surface area contributed by atoms with Crippen LogP contribution >= 0.6 is 11.6 Å². The SMILES string of the molecule is NC(CCl)=Nc1cc(F)ccc1-n1nc(C(F)(F)F)c2c1CCCC2.